The molecule has 5 nitrogen and oxygen atoms in total. The number of hydrogen-bond donors (Lipinski definition) is 1. The normalized spacial score (nSPS) is 15.3. The van der Waals surface area contributed by atoms with Crippen LogP contribution in [0, 0.1) is 13.8 Å². The molecule has 0 spiro atoms. The molecule has 1 fully saturated rings. The van der Waals surface area contributed by atoms with Gasteiger partial charge in [-0.15, -0.1) is 0 Å². The van der Waals surface area contributed by atoms with Gasteiger partial charge in [0.05, 0.1) is 6.20 Å². The van der Waals surface area contributed by atoms with E-state index in [1.54, 1.807) is 0 Å². The molecular weight excluding hydrogens is 366 g/mol. The fourth-order valence-corrected chi connectivity index (χ4v) is 3.70. The molecule has 1 N–H and O–H groups in total. The van der Waals surface area contributed by atoms with Gasteiger partial charge in [0.15, 0.2) is 5.11 Å². The maximum Gasteiger partial charge on any atom is 0.173 e. The molecule has 3 rings (SSSR count). The number of aryl methyl sites for hydroxylation is 2. The number of nitrogens with one attached hydrogen (secondary N) is 1. The smallest absolute Gasteiger partial charge is 0.173 e. The van der Waals surface area contributed by atoms with Crippen LogP contribution >= 0.6 is 23.8 Å². The van der Waals surface area contributed by atoms with Gasteiger partial charge in [0, 0.05) is 61.2 Å². The van der Waals surface area contributed by atoms with Gasteiger partial charge in [-0.3, -0.25) is 9.58 Å². The van der Waals surface area contributed by atoms with Crippen molar-refractivity contribution in [2.75, 3.05) is 31.5 Å². The van der Waals surface area contributed by atoms with Crippen molar-refractivity contribution < 1.29 is 0 Å². The van der Waals surface area contributed by atoms with Crippen LogP contribution in [0.3, 0.4) is 0 Å². The second-order valence-electron chi connectivity index (χ2n) is 6.72. The third kappa shape index (κ3) is 4.37. The fourth-order valence-electron chi connectivity index (χ4n) is 3.23. The maximum atomic E-state index is 6.10. The molecule has 2 heterocycles. The molecule has 1 aliphatic heterocycles. The predicted octanol–water partition coefficient (Wildman–Crippen LogP) is 3.69. The molecule has 1 aromatic heterocycles. The molecule has 1 aliphatic rings. The second-order valence-corrected chi connectivity index (χ2v) is 7.55. The van der Waals surface area contributed by atoms with Gasteiger partial charge in [-0.25, -0.2) is 0 Å². The summed E-state index contributed by atoms with van der Waals surface area (Å²) in [4.78, 5) is 4.70. The highest BCUT2D eigenvalue weighted by Gasteiger charge is 2.20. The van der Waals surface area contributed by atoms with E-state index in [9.17, 15) is 0 Å². The second kappa shape index (κ2) is 8.37. The number of thiocarbonyl (C=S) groups is 1. The Balaban J connectivity index is 1.53. The summed E-state index contributed by atoms with van der Waals surface area (Å²) >= 11 is 11.7. The number of piperazine rings is 1. The number of halogens is 1. The Kier molecular flexibility index (Phi) is 6.16. The monoisotopic (exact) mass is 391 g/mol. The first-order chi connectivity index (χ1) is 12.5. The lowest BCUT2D eigenvalue weighted by Crippen LogP contribution is -2.49. The van der Waals surface area contributed by atoms with E-state index in [0.717, 1.165) is 55.6 Å². The van der Waals surface area contributed by atoms with Gasteiger partial charge in [-0.1, -0.05) is 17.7 Å². The van der Waals surface area contributed by atoms with Crippen molar-refractivity contribution in [2.24, 2.45) is 0 Å². The lowest BCUT2D eigenvalue weighted by atomic mass is 10.2. The maximum absolute atomic E-state index is 6.10. The third-order valence-corrected chi connectivity index (χ3v) is 5.59. The molecule has 7 heteroatoms. The van der Waals surface area contributed by atoms with Crippen LogP contribution in [0.25, 0.3) is 0 Å². The molecule has 0 radical (unpaired) electrons. The SMILES string of the molecule is CCn1ncc(CN2CCN(C(=S)Nc3cc(Cl)ccc3C)CC2)c1C. The molecule has 26 heavy (non-hydrogen) atoms. The first-order valence-electron chi connectivity index (χ1n) is 9.03. The van der Waals surface area contributed by atoms with Crippen LogP contribution in [0.4, 0.5) is 5.69 Å². The topological polar surface area (TPSA) is 36.3 Å². The van der Waals surface area contributed by atoms with E-state index in [1.165, 1.54) is 11.3 Å². The van der Waals surface area contributed by atoms with Crippen LogP contribution in [-0.4, -0.2) is 50.9 Å². The van der Waals surface area contributed by atoms with Crippen LogP contribution in [0.2, 0.25) is 5.02 Å². The van der Waals surface area contributed by atoms with Gasteiger partial charge in [-0.2, -0.15) is 5.10 Å². The molecule has 2 aromatic rings. The van der Waals surface area contributed by atoms with Crippen molar-refractivity contribution in [3.8, 4) is 0 Å². The van der Waals surface area contributed by atoms with Crippen molar-refractivity contribution in [2.45, 2.75) is 33.9 Å². The molecule has 1 aromatic carbocycles. The zero-order valence-corrected chi connectivity index (χ0v) is 17.2. The van der Waals surface area contributed by atoms with Crippen molar-refractivity contribution in [3.05, 3.63) is 46.2 Å². The van der Waals surface area contributed by atoms with E-state index >= 15 is 0 Å². The highest BCUT2D eigenvalue weighted by atomic mass is 35.5. The number of rotatable bonds is 4. The van der Waals surface area contributed by atoms with E-state index < -0.39 is 0 Å². The minimum absolute atomic E-state index is 0.716. The average Bonchev–Trinajstić information content (AvgIpc) is 2.98. The van der Waals surface area contributed by atoms with Gasteiger partial charge in [0.2, 0.25) is 0 Å². The van der Waals surface area contributed by atoms with Gasteiger partial charge in [0.1, 0.15) is 0 Å². The number of hydrogen-bond acceptors (Lipinski definition) is 3. The van der Waals surface area contributed by atoms with Crippen LogP contribution in [0.15, 0.2) is 24.4 Å². The van der Waals surface area contributed by atoms with Gasteiger partial charge >= 0.3 is 0 Å². The molecule has 0 amide bonds. The predicted molar refractivity (Wildman–Crippen MR) is 112 cm³/mol. The highest BCUT2D eigenvalue weighted by Crippen LogP contribution is 2.21. The lowest BCUT2D eigenvalue weighted by Gasteiger charge is -2.36. The van der Waals surface area contributed by atoms with Crippen molar-refractivity contribution in [3.63, 3.8) is 0 Å². The first-order valence-corrected chi connectivity index (χ1v) is 9.82. The summed E-state index contributed by atoms with van der Waals surface area (Å²) in [6, 6.07) is 5.82. The van der Waals surface area contributed by atoms with Gasteiger partial charge < -0.3 is 10.2 Å². The van der Waals surface area contributed by atoms with Gasteiger partial charge in [-0.05, 0) is 50.7 Å². The van der Waals surface area contributed by atoms with Gasteiger partial charge in [0.25, 0.3) is 0 Å². The summed E-state index contributed by atoms with van der Waals surface area (Å²) in [7, 11) is 0. The number of anilines is 1. The standard InChI is InChI=1S/C19H26ClN5S/c1-4-25-15(3)16(12-21-25)13-23-7-9-24(10-8-23)19(26)22-18-11-17(20)6-5-14(18)2/h5-6,11-12H,4,7-10,13H2,1-3H3,(H,22,26). The Bertz CT molecular complexity index is 780. The minimum atomic E-state index is 0.716. The van der Waals surface area contributed by atoms with E-state index in [1.807, 2.05) is 24.4 Å². The van der Waals surface area contributed by atoms with E-state index in [0.29, 0.717) is 5.02 Å². The molecule has 0 bridgehead atoms. The molecule has 140 valence electrons. The molecule has 0 aliphatic carbocycles. The van der Waals surface area contributed by atoms with Crippen molar-refractivity contribution in [1.29, 1.82) is 0 Å². The molecule has 0 atom stereocenters. The summed E-state index contributed by atoms with van der Waals surface area (Å²) in [6.07, 6.45) is 2.00. The number of benzene rings is 1. The summed E-state index contributed by atoms with van der Waals surface area (Å²) in [5, 5.41) is 9.27. The third-order valence-electron chi connectivity index (χ3n) is 5.00. The Morgan fingerprint density at radius 3 is 2.62 bits per heavy atom. The summed E-state index contributed by atoms with van der Waals surface area (Å²) in [5.41, 5.74) is 4.70. The van der Waals surface area contributed by atoms with Crippen molar-refractivity contribution in [1.82, 2.24) is 19.6 Å². The van der Waals surface area contributed by atoms with Crippen LogP contribution < -0.4 is 5.32 Å². The molecular formula is C19H26ClN5S. The van der Waals surface area contributed by atoms with E-state index in [4.69, 9.17) is 23.8 Å². The quantitative estimate of drug-likeness (QED) is 0.804. The Hall–Kier alpha value is -1.63. The van der Waals surface area contributed by atoms with E-state index in [-0.39, 0.29) is 0 Å². The Morgan fingerprint density at radius 2 is 1.96 bits per heavy atom. The number of nitrogens with zero attached hydrogens (tertiary/aromatic N) is 4. The molecule has 1 saturated heterocycles. The van der Waals surface area contributed by atoms with Crippen LogP contribution in [0.5, 0.6) is 0 Å². The highest BCUT2D eigenvalue weighted by molar-refractivity contribution is 7.80. The summed E-state index contributed by atoms with van der Waals surface area (Å²) in [6.45, 7) is 12.0. The molecule has 0 unspecified atom stereocenters. The fraction of sp³-hybridized carbons (Fsp3) is 0.474. The minimum Gasteiger partial charge on any atom is -0.346 e. The first kappa shape index (κ1) is 19.1. The average molecular weight is 392 g/mol. The van der Waals surface area contributed by atoms with Crippen LogP contribution in [0.1, 0.15) is 23.7 Å². The summed E-state index contributed by atoms with van der Waals surface area (Å²) < 4.78 is 2.05. The van der Waals surface area contributed by atoms with Crippen LogP contribution in [-0.2, 0) is 13.1 Å². The largest absolute Gasteiger partial charge is 0.346 e. The Morgan fingerprint density at radius 1 is 1.23 bits per heavy atom. The van der Waals surface area contributed by atoms with Crippen molar-refractivity contribution >= 4 is 34.6 Å². The summed E-state index contributed by atoms with van der Waals surface area (Å²) in [5.74, 6) is 0. The van der Waals surface area contributed by atoms with E-state index in [2.05, 4.69) is 45.7 Å². The zero-order valence-electron chi connectivity index (χ0n) is 15.6. The molecule has 0 saturated carbocycles. The Labute approximate surface area is 165 Å². The lowest BCUT2D eigenvalue weighted by molar-refractivity contribution is 0.176. The zero-order chi connectivity index (χ0) is 18.7. The number of aromatic nitrogens is 2.